The van der Waals surface area contributed by atoms with Crippen LogP contribution in [0.4, 0.5) is 0 Å². The number of fused-ring (bicyclic) bond motifs is 1. The Bertz CT molecular complexity index is 477. The SMILES string of the molecule is COc1ccc2c(C)cnc(C)c2c1. The zero-order valence-corrected chi connectivity index (χ0v) is 8.66. The van der Waals surface area contributed by atoms with Crippen molar-refractivity contribution in [3.05, 3.63) is 35.7 Å². The van der Waals surface area contributed by atoms with Gasteiger partial charge in [-0.1, -0.05) is 6.07 Å². The molecule has 0 saturated carbocycles. The van der Waals surface area contributed by atoms with E-state index in [1.807, 2.05) is 25.3 Å². The van der Waals surface area contributed by atoms with Crippen LogP contribution in [0.5, 0.6) is 5.75 Å². The maximum atomic E-state index is 5.19. The molecule has 0 radical (unpaired) electrons. The van der Waals surface area contributed by atoms with E-state index in [1.54, 1.807) is 7.11 Å². The number of benzene rings is 1. The minimum absolute atomic E-state index is 0.882. The highest BCUT2D eigenvalue weighted by atomic mass is 16.5. The second-order valence-corrected chi connectivity index (χ2v) is 3.44. The molecule has 0 bridgehead atoms. The van der Waals surface area contributed by atoms with Crippen molar-refractivity contribution in [1.82, 2.24) is 4.98 Å². The monoisotopic (exact) mass is 187 g/mol. The third kappa shape index (κ3) is 1.33. The topological polar surface area (TPSA) is 22.1 Å². The number of ether oxygens (including phenoxy) is 1. The van der Waals surface area contributed by atoms with Gasteiger partial charge in [0.15, 0.2) is 0 Å². The summed E-state index contributed by atoms with van der Waals surface area (Å²) in [5.74, 6) is 0.882. The molecule has 0 atom stereocenters. The first-order valence-corrected chi connectivity index (χ1v) is 4.62. The molecule has 0 fully saturated rings. The highest BCUT2D eigenvalue weighted by molar-refractivity contribution is 5.88. The van der Waals surface area contributed by atoms with Gasteiger partial charge in [0.2, 0.25) is 0 Å². The quantitative estimate of drug-likeness (QED) is 0.684. The van der Waals surface area contributed by atoms with Crippen LogP contribution in [-0.2, 0) is 0 Å². The summed E-state index contributed by atoms with van der Waals surface area (Å²) in [6.45, 7) is 4.09. The predicted molar refractivity (Wildman–Crippen MR) is 57.8 cm³/mol. The molecule has 0 spiro atoms. The first-order valence-electron chi connectivity index (χ1n) is 4.62. The molecule has 2 rings (SSSR count). The molecule has 0 N–H and O–H groups in total. The summed E-state index contributed by atoms with van der Waals surface area (Å²) in [6, 6.07) is 6.09. The lowest BCUT2D eigenvalue weighted by molar-refractivity contribution is 0.415. The zero-order valence-electron chi connectivity index (χ0n) is 8.66. The van der Waals surface area contributed by atoms with E-state index in [0.717, 1.165) is 11.4 Å². The molecule has 2 nitrogen and oxygen atoms in total. The molecule has 0 aliphatic carbocycles. The lowest BCUT2D eigenvalue weighted by atomic mass is 10.1. The Morgan fingerprint density at radius 1 is 1.14 bits per heavy atom. The normalized spacial score (nSPS) is 10.5. The smallest absolute Gasteiger partial charge is 0.119 e. The van der Waals surface area contributed by atoms with Gasteiger partial charge in [0.05, 0.1) is 7.11 Å². The van der Waals surface area contributed by atoms with Gasteiger partial charge in [0.1, 0.15) is 5.75 Å². The van der Waals surface area contributed by atoms with Crippen molar-refractivity contribution < 1.29 is 4.74 Å². The van der Waals surface area contributed by atoms with Gasteiger partial charge in [-0.25, -0.2) is 0 Å². The van der Waals surface area contributed by atoms with Gasteiger partial charge < -0.3 is 4.74 Å². The number of methoxy groups -OCH3 is 1. The summed E-state index contributed by atoms with van der Waals surface area (Å²) >= 11 is 0. The number of aromatic nitrogens is 1. The van der Waals surface area contributed by atoms with Crippen LogP contribution >= 0.6 is 0 Å². The molecule has 1 aromatic heterocycles. The largest absolute Gasteiger partial charge is 0.497 e. The Morgan fingerprint density at radius 3 is 2.64 bits per heavy atom. The average Bonchev–Trinajstić information content (AvgIpc) is 2.23. The van der Waals surface area contributed by atoms with Gasteiger partial charge >= 0.3 is 0 Å². The van der Waals surface area contributed by atoms with Crippen molar-refractivity contribution in [3.8, 4) is 5.75 Å². The van der Waals surface area contributed by atoms with E-state index in [-0.39, 0.29) is 0 Å². The highest BCUT2D eigenvalue weighted by Gasteiger charge is 2.02. The van der Waals surface area contributed by atoms with Crippen LogP contribution in [-0.4, -0.2) is 12.1 Å². The fourth-order valence-electron chi connectivity index (χ4n) is 1.63. The maximum absolute atomic E-state index is 5.19. The summed E-state index contributed by atoms with van der Waals surface area (Å²) in [4.78, 5) is 4.33. The first kappa shape index (κ1) is 9.00. The number of aryl methyl sites for hydroxylation is 2. The Hall–Kier alpha value is -1.57. The molecule has 0 aliphatic heterocycles. The summed E-state index contributed by atoms with van der Waals surface area (Å²) in [5, 5.41) is 2.42. The van der Waals surface area contributed by atoms with Crippen LogP contribution in [0, 0.1) is 13.8 Å². The number of hydrogen-bond acceptors (Lipinski definition) is 2. The standard InChI is InChI=1S/C12H13NO/c1-8-7-13-9(2)12-6-10(14-3)4-5-11(8)12/h4-7H,1-3H3. The minimum atomic E-state index is 0.882. The van der Waals surface area contributed by atoms with E-state index in [9.17, 15) is 0 Å². The van der Waals surface area contributed by atoms with Gasteiger partial charge in [-0.15, -0.1) is 0 Å². The Kier molecular flexibility index (Phi) is 2.12. The molecule has 0 amide bonds. The van der Waals surface area contributed by atoms with Crippen molar-refractivity contribution in [3.63, 3.8) is 0 Å². The van der Waals surface area contributed by atoms with E-state index in [1.165, 1.54) is 16.3 Å². The van der Waals surface area contributed by atoms with Gasteiger partial charge in [-0.05, 0) is 36.9 Å². The van der Waals surface area contributed by atoms with E-state index in [4.69, 9.17) is 4.74 Å². The van der Waals surface area contributed by atoms with Crippen molar-refractivity contribution in [2.45, 2.75) is 13.8 Å². The van der Waals surface area contributed by atoms with E-state index >= 15 is 0 Å². The average molecular weight is 187 g/mol. The Morgan fingerprint density at radius 2 is 1.93 bits per heavy atom. The summed E-state index contributed by atoms with van der Waals surface area (Å²) in [7, 11) is 1.68. The van der Waals surface area contributed by atoms with Crippen molar-refractivity contribution in [2.75, 3.05) is 7.11 Å². The molecule has 72 valence electrons. The molecule has 2 aromatic rings. The van der Waals surface area contributed by atoms with Crippen LogP contribution in [0.15, 0.2) is 24.4 Å². The molecule has 0 saturated heterocycles. The van der Waals surface area contributed by atoms with Gasteiger partial charge in [0, 0.05) is 17.3 Å². The second-order valence-electron chi connectivity index (χ2n) is 3.44. The molecule has 14 heavy (non-hydrogen) atoms. The number of pyridine rings is 1. The fraction of sp³-hybridized carbons (Fsp3) is 0.250. The predicted octanol–water partition coefficient (Wildman–Crippen LogP) is 2.86. The Balaban J connectivity index is 2.80. The van der Waals surface area contributed by atoms with Crippen LogP contribution in [0.2, 0.25) is 0 Å². The maximum Gasteiger partial charge on any atom is 0.119 e. The highest BCUT2D eigenvalue weighted by Crippen LogP contribution is 2.24. The van der Waals surface area contributed by atoms with Crippen LogP contribution in [0.3, 0.4) is 0 Å². The first-order chi connectivity index (χ1) is 6.72. The molecular weight excluding hydrogens is 174 g/mol. The molecule has 1 heterocycles. The van der Waals surface area contributed by atoms with Gasteiger partial charge in [0.25, 0.3) is 0 Å². The lowest BCUT2D eigenvalue weighted by Gasteiger charge is -2.06. The van der Waals surface area contributed by atoms with Gasteiger partial charge in [-0.3, -0.25) is 4.98 Å². The Labute approximate surface area is 83.5 Å². The van der Waals surface area contributed by atoms with E-state index < -0.39 is 0 Å². The summed E-state index contributed by atoms with van der Waals surface area (Å²) in [6.07, 6.45) is 1.91. The summed E-state index contributed by atoms with van der Waals surface area (Å²) in [5.41, 5.74) is 2.25. The molecular formula is C12H13NO. The van der Waals surface area contributed by atoms with Crippen LogP contribution in [0.25, 0.3) is 10.8 Å². The van der Waals surface area contributed by atoms with E-state index in [0.29, 0.717) is 0 Å². The van der Waals surface area contributed by atoms with Crippen molar-refractivity contribution >= 4 is 10.8 Å². The van der Waals surface area contributed by atoms with Crippen LogP contribution in [0.1, 0.15) is 11.3 Å². The minimum Gasteiger partial charge on any atom is -0.497 e. The molecule has 2 heteroatoms. The third-order valence-electron chi connectivity index (χ3n) is 2.49. The fourth-order valence-corrected chi connectivity index (χ4v) is 1.63. The van der Waals surface area contributed by atoms with Gasteiger partial charge in [-0.2, -0.15) is 0 Å². The molecule has 1 aromatic carbocycles. The van der Waals surface area contributed by atoms with Crippen molar-refractivity contribution in [1.29, 1.82) is 0 Å². The number of hydrogen-bond donors (Lipinski definition) is 0. The van der Waals surface area contributed by atoms with E-state index in [2.05, 4.69) is 18.0 Å². The van der Waals surface area contributed by atoms with Crippen molar-refractivity contribution in [2.24, 2.45) is 0 Å². The lowest BCUT2D eigenvalue weighted by Crippen LogP contribution is -1.89. The third-order valence-corrected chi connectivity index (χ3v) is 2.49. The second kappa shape index (κ2) is 3.29. The number of rotatable bonds is 1. The van der Waals surface area contributed by atoms with Crippen LogP contribution < -0.4 is 4.74 Å². The molecule has 0 unspecified atom stereocenters. The number of nitrogens with zero attached hydrogens (tertiary/aromatic N) is 1. The summed E-state index contributed by atoms with van der Waals surface area (Å²) < 4.78 is 5.19. The molecule has 0 aliphatic rings. The zero-order chi connectivity index (χ0) is 10.1.